The molecule has 0 aliphatic carbocycles. The molecule has 0 atom stereocenters. The van der Waals surface area contributed by atoms with Gasteiger partial charge in [-0.1, -0.05) is 0 Å². The molecule has 0 unspecified atom stereocenters. The monoisotopic (exact) mass is 186 g/mol. The van der Waals surface area contributed by atoms with Gasteiger partial charge >= 0.3 is 5.97 Å². The van der Waals surface area contributed by atoms with Gasteiger partial charge in [0, 0.05) is 0 Å². The summed E-state index contributed by atoms with van der Waals surface area (Å²) >= 11 is 0. The van der Waals surface area contributed by atoms with Gasteiger partial charge in [0.15, 0.2) is 11.5 Å². The summed E-state index contributed by atoms with van der Waals surface area (Å²) in [6.07, 6.45) is 0. The molecule has 0 heterocycles. The highest BCUT2D eigenvalue weighted by Gasteiger charge is 2.17. The summed E-state index contributed by atoms with van der Waals surface area (Å²) in [5.41, 5.74) is -0.321. The van der Waals surface area contributed by atoms with Crippen molar-refractivity contribution in [3.8, 4) is 11.5 Å². The third-order valence-electron chi connectivity index (χ3n) is 1.50. The molecule has 4 nitrogen and oxygen atoms in total. The fourth-order valence-electron chi connectivity index (χ4n) is 0.829. The lowest BCUT2D eigenvalue weighted by atomic mass is 10.2. The Morgan fingerprint density at radius 3 is 2.62 bits per heavy atom. The molecule has 0 aromatic heterocycles. The molecule has 0 radical (unpaired) electrons. The highest BCUT2D eigenvalue weighted by atomic mass is 19.1. The average Bonchev–Trinajstić information content (AvgIpc) is 2.13. The number of rotatable bonds is 1. The van der Waals surface area contributed by atoms with E-state index in [-0.39, 0.29) is 5.56 Å². The summed E-state index contributed by atoms with van der Waals surface area (Å²) < 4.78 is 17.0. The Labute approximate surface area is 73.2 Å². The molecule has 0 saturated heterocycles. The first kappa shape index (κ1) is 9.31. The number of benzene rings is 1. The van der Waals surface area contributed by atoms with Crippen LogP contribution in [-0.2, 0) is 4.74 Å². The average molecular weight is 186 g/mol. The number of hydrogen-bond donors (Lipinski definition) is 2. The predicted molar refractivity (Wildman–Crippen MR) is 41.1 cm³/mol. The summed E-state index contributed by atoms with van der Waals surface area (Å²) in [4.78, 5) is 10.9. The lowest BCUT2D eigenvalue weighted by molar-refractivity contribution is 0.0596. The summed E-state index contributed by atoms with van der Waals surface area (Å²) in [7, 11) is 1.10. The minimum absolute atomic E-state index is 0.321. The molecule has 0 saturated carbocycles. The van der Waals surface area contributed by atoms with Gasteiger partial charge in [0.25, 0.3) is 0 Å². The Morgan fingerprint density at radius 2 is 2.08 bits per heavy atom. The molecule has 1 aromatic carbocycles. The summed E-state index contributed by atoms with van der Waals surface area (Å²) in [6.45, 7) is 0. The van der Waals surface area contributed by atoms with Crippen molar-refractivity contribution in [3.05, 3.63) is 23.5 Å². The number of methoxy groups -OCH3 is 1. The molecule has 13 heavy (non-hydrogen) atoms. The largest absolute Gasteiger partial charge is 0.505 e. The van der Waals surface area contributed by atoms with E-state index in [9.17, 15) is 9.18 Å². The number of carbonyl (C=O) groups is 1. The van der Waals surface area contributed by atoms with Gasteiger partial charge in [0.1, 0.15) is 5.56 Å². The first-order chi connectivity index (χ1) is 6.07. The number of aromatic hydroxyl groups is 2. The van der Waals surface area contributed by atoms with Crippen molar-refractivity contribution >= 4 is 5.97 Å². The maximum atomic E-state index is 12.8. The molecule has 0 fully saturated rings. The van der Waals surface area contributed by atoms with Gasteiger partial charge < -0.3 is 14.9 Å². The number of phenolic OH excluding ortho intramolecular Hbond substituents is 2. The third kappa shape index (κ3) is 1.53. The van der Waals surface area contributed by atoms with Gasteiger partial charge in [-0.25, -0.2) is 4.79 Å². The zero-order chi connectivity index (χ0) is 10.0. The molecule has 0 aliphatic heterocycles. The fourth-order valence-corrected chi connectivity index (χ4v) is 0.829. The maximum Gasteiger partial charge on any atom is 0.341 e. The Bertz CT molecular complexity index is 348. The number of carbonyl (C=O) groups excluding carboxylic acids is 1. The Balaban J connectivity index is 3.26. The zero-order valence-corrected chi connectivity index (χ0v) is 6.74. The van der Waals surface area contributed by atoms with E-state index in [1.54, 1.807) is 0 Å². The molecule has 1 aromatic rings. The van der Waals surface area contributed by atoms with Crippen LogP contribution in [0.1, 0.15) is 10.4 Å². The van der Waals surface area contributed by atoms with Crippen LogP contribution in [0.5, 0.6) is 11.5 Å². The van der Waals surface area contributed by atoms with E-state index >= 15 is 0 Å². The quantitative estimate of drug-likeness (QED) is 0.642. The molecular weight excluding hydrogens is 179 g/mol. The molecule has 1 rings (SSSR count). The van der Waals surface area contributed by atoms with Crippen LogP contribution in [0.25, 0.3) is 0 Å². The zero-order valence-electron chi connectivity index (χ0n) is 6.74. The van der Waals surface area contributed by atoms with Crippen LogP contribution < -0.4 is 0 Å². The number of phenols is 2. The van der Waals surface area contributed by atoms with Crippen LogP contribution in [0.15, 0.2) is 12.1 Å². The van der Waals surface area contributed by atoms with E-state index < -0.39 is 23.3 Å². The van der Waals surface area contributed by atoms with Gasteiger partial charge in [-0.05, 0) is 12.1 Å². The van der Waals surface area contributed by atoms with Gasteiger partial charge in [-0.3, -0.25) is 0 Å². The first-order valence-corrected chi connectivity index (χ1v) is 3.36. The Morgan fingerprint density at radius 1 is 1.46 bits per heavy atom. The fraction of sp³-hybridized carbons (Fsp3) is 0.125. The van der Waals surface area contributed by atoms with E-state index in [1.165, 1.54) is 0 Å². The topological polar surface area (TPSA) is 66.8 Å². The second-order valence-corrected chi connectivity index (χ2v) is 2.29. The van der Waals surface area contributed by atoms with Crippen molar-refractivity contribution in [1.82, 2.24) is 0 Å². The van der Waals surface area contributed by atoms with Crippen molar-refractivity contribution in [1.29, 1.82) is 0 Å². The predicted octanol–water partition coefficient (Wildman–Crippen LogP) is 1.02. The number of esters is 1. The van der Waals surface area contributed by atoms with Crippen molar-refractivity contribution in [2.75, 3.05) is 7.11 Å². The minimum atomic E-state index is -1.23. The molecule has 70 valence electrons. The summed E-state index contributed by atoms with van der Waals surface area (Å²) in [5, 5.41) is 17.8. The standard InChI is InChI=1S/C8H7FO4/c1-13-8(12)4-2-3-5(10)6(9)7(4)11/h2-3,10-11H,1H3. The van der Waals surface area contributed by atoms with E-state index in [4.69, 9.17) is 10.2 Å². The van der Waals surface area contributed by atoms with Crippen LogP contribution in [0.2, 0.25) is 0 Å². The molecule has 0 amide bonds. The molecular formula is C8H7FO4. The van der Waals surface area contributed by atoms with Gasteiger partial charge in [-0.15, -0.1) is 0 Å². The lowest BCUT2D eigenvalue weighted by Gasteiger charge is -2.03. The highest BCUT2D eigenvalue weighted by Crippen LogP contribution is 2.28. The molecule has 0 aliphatic rings. The molecule has 0 bridgehead atoms. The van der Waals surface area contributed by atoms with Crippen LogP contribution in [0.3, 0.4) is 0 Å². The number of ether oxygens (including phenoxy) is 1. The van der Waals surface area contributed by atoms with Gasteiger partial charge in [0.2, 0.25) is 5.82 Å². The van der Waals surface area contributed by atoms with E-state index in [0.717, 1.165) is 19.2 Å². The van der Waals surface area contributed by atoms with Crippen LogP contribution >= 0.6 is 0 Å². The van der Waals surface area contributed by atoms with Crippen LogP contribution in [-0.4, -0.2) is 23.3 Å². The van der Waals surface area contributed by atoms with Gasteiger partial charge in [0.05, 0.1) is 7.11 Å². The Hall–Kier alpha value is -1.78. The Kier molecular flexibility index (Phi) is 2.36. The van der Waals surface area contributed by atoms with Crippen molar-refractivity contribution < 1.29 is 24.1 Å². The number of halogens is 1. The normalized spacial score (nSPS) is 9.69. The third-order valence-corrected chi connectivity index (χ3v) is 1.50. The van der Waals surface area contributed by atoms with E-state index in [2.05, 4.69) is 4.74 Å². The lowest BCUT2D eigenvalue weighted by Crippen LogP contribution is -2.02. The summed E-state index contributed by atoms with van der Waals surface area (Å²) in [6, 6.07) is 2.03. The molecule has 2 N–H and O–H groups in total. The minimum Gasteiger partial charge on any atom is -0.505 e. The van der Waals surface area contributed by atoms with Crippen molar-refractivity contribution in [2.24, 2.45) is 0 Å². The van der Waals surface area contributed by atoms with Crippen LogP contribution in [0, 0.1) is 5.82 Å². The second kappa shape index (κ2) is 3.30. The second-order valence-electron chi connectivity index (χ2n) is 2.29. The molecule has 0 spiro atoms. The first-order valence-electron chi connectivity index (χ1n) is 3.36. The van der Waals surface area contributed by atoms with E-state index in [1.807, 2.05) is 0 Å². The van der Waals surface area contributed by atoms with Gasteiger partial charge in [-0.2, -0.15) is 4.39 Å². The number of hydrogen-bond acceptors (Lipinski definition) is 4. The summed E-state index contributed by atoms with van der Waals surface area (Å²) in [5.74, 6) is -3.73. The SMILES string of the molecule is COC(=O)c1ccc(O)c(F)c1O. The van der Waals surface area contributed by atoms with Crippen LogP contribution in [0.4, 0.5) is 4.39 Å². The van der Waals surface area contributed by atoms with Crippen molar-refractivity contribution in [2.45, 2.75) is 0 Å². The van der Waals surface area contributed by atoms with Crippen molar-refractivity contribution in [3.63, 3.8) is 0 Å². The smallest absolute Gasteiger partial charge is 0.341 e. The van der Waals surface area contributed by atoms with E-state index in [0.29, 0.717) is 0 Å². The maximum absolute atomic E-state index is 12.8. The highest BCUT2D eigenvalue weighted by molar-refractivity contribution is 5.92. The molecule has 5 heteroatoms.